The van der Waals surface area contributed by atoms with Crippen LogP contribution in [0.2, 0.25) is 0 Å². The SMILES string of the molecule is O=C([C@@H]1C[C@@H](O)CN1)N1CCc2oc(CCc3ccccc3)nc2C1. The number of carbonyl (C=O) groups excluding carboxylic acids is 1. The minimum Gasteiger partial charge on any atom is -0.445 e. The van der Waals surface area contributed by atoms with Crippen LogP contribution in [-0.4, -0.2) is 46.1 Å². The largest absolute Gasteiger partial charge is 0.445 e. The van der Waals surface area contributed by atoms with Crippen LogP contribution in [0.25, 0.3) is 0 Å². The van der Waals surface area contributed by atoms with Gasteiger partial charge in [-0.1, -0.05) is 30.3 Å². The molecule has 0 spiro atoms. The number of fused-ring (bicyclic) bond motifs is 1. The molecule has 2 N–H and O–H groups in total. The number of oxazole rings is 1. The Morgan fingerprint density at radius 1 is 1.32 bits per heavy atom. The van der Waals surface area contributed by atoms with Gasteiger partial charge in [-0.25, -0.2) is 4.98 Å². The van der Waals surface area contributed by atoms with Crippen molar-refractivity contribution < 1.29 is 14.3 Å². The van der Waals surface area contributed by atoms with E-state index < -0.39 is 6.10 Å². The summed E-state index contributed by atoms with van der Waals surface area (Å²) in [6.45, 7) is 1.63. The van der Waals surface area contributed by atoms with Crippen molar-refractivity contribution in [2.24, 2.45) is 0 Å². The maximum Gasteiger partial charge on any atom is 0.240 e. The molecule has 2 aromatic rings. The summed E-state index contributed by atoms with van der Waals surface area (Å²) in [5.74, 6) is 1.71. The number of nitrogens with zero attached hydrogens (tertiary/aromatic N) is 2. The number of rotatable bonds is 4. The molecule has 1 saturated heterocycles. The van der Waals surface area contributed by atoms with E-state index in [1.807, 2.05) is 23.1 Å². The zero-order chi connectivity index (χ0) is 17.2. The molecule has 1 fully saturated rings. The second-order valence-corrected chi connectivity index (χ2v) is 6.82. The Labute approximate surface area is 146 Å². The number of hydrogen-bond acceptors (Lipinski definition) is 5. The molecule has 0 unspecified atom stereocenters. The summed E-state index contributed by atoms with van der Waals surface area (Å²) in [6, 6.07) is 10.0. The second-order valence-electron chi connectivity index (χ2n) is 6.82. The molecule has 0 radical (unpaired) electrons. The molecule has 1 aromatic heterocycles. The summed E-state index contributed by atoms with van der Waals surface area (Å²) < 4.78 is 5.89. The van der Waals surface area contributed by atoms with E-state index >= 15 is 0 Å². The molecule has 3 heterocycles. The van der Waals surface area contributed by atoms with Gasteiger partial charge in [0.05, 0.1) is 18.7 Å². The highest BCUT2D eigenvalue weighted by molar-refractivity contribution is 5.82. The van der Waals surface area contributed by atoms with E-state index in [0.717, 1.165) is 30.2 Å². The summed E-state index contributed by atoms with van der Waals surface area (Å²) in [4.78, 5) is 19.0. The summed E-state index contributed by atoms with van der Waals surface area (Å²) in [7, 11) is 0. The lowest BCUT2D eigenvalue weighted by atomic mass is 10.1. The first-order valence-electron chi connectivity index (χ1n) is 8.90. The Balaban J connectivity index is 1.38. The van der Waals surface area contributed by atoms with E-state index in [9.17, 15) is 9.90 Å². The standard InChI is InChI=1S/C19H23N3O3/c23-14-10-15(20-11-14)19(24)22-9-8-17-16(12-22)21-18(25-17)7-6-13-4-2-1-3-5-13/h1-5,14-15,20,23H,6-12H2/t14-,15+/m1/s1. The topological polar surface area (TPSA) is 78.6 Å². The average Bonchev–Trinajstić information content (AvgIpc) is 3.25. The van der Waals surface area contributed by atoms with Gasteiger partial charge in [0.15, 0.2) is 5.89 Å². The molecule has 1 amide bonds. The number of aliphatic hydroxyl groups excluding tert-OH is 1. The van der Waals surface area contributed by atoms with Crippen LogP contribution in [0.3, 0.4) is 0 Å². The first-order valence-corrected chi connectivity index (χ1v) is 8.90. The minimum absolute atomic E-state index is 0.0519. The monoisotopic (exact) mass is 341 g/mol. The molecule has 4 rings (SSSR count). The Bertz CT molecular complexity index is 744. The van der Waals surface area contributed by atoms with E-state index in [1.54, 1.807) is 0 Å². The summed E-state index contributed by atoms with van der Waals surface area (Å²) in [5, 5.41) is 12.7. The van der Waals surface area contributed by atoms with Crippen LogP contribution in [-0.2, 0) is 30.6 Å². The molecule has 0 aliphatic carbocycles. The molecule has 1 aromatic carbocycles. The van der Waals surface area contributed by atoms with E-state index in [1.165, 1.54) is 5.56 Å². The molecule has 132 valence electrons. The van der Waals surface area contributed by atoms with Gasteiger partial charge in [-0.05, 0) is 18.4 Å². The van der Waals surface area contributed by atoms with Crippen LogP contribution < -0.4 is 5.32 Å². The van der Waals surface area contributed by atoms with Crippen LogP contribution >= 0.6 is 0 Å². The first kappa shape index (κ1) is 16.3. The van der Waals surface area contributed by atoms with E-state index in [2.05, 4.69) is 22.4 Å². The molecule has 0 saturated carbocycles. The van der Waals surface area contributed by atoms with E-state index in [4.69, 9.17) is 4.42 Å². The quantitative estimate of drug-likeness (QED) is 0.870. The Kier molecular flexibility index (Phi) is 4.55. The maximum atomic E-state index is 12.6. The zero-order valence-electron chi connectivity index (χ0n) is 14.1. The predicted octanol–water partition coefficient (Wildman–Crippen LogP) is 1.07. The van der Waals surface area contributed by atoms with Crippen LogP contribution in [0.5, 0.6) is 0 Å². The van der Waals surface area contributed by atoms with Crippen molar-refractivity contribution in [2.75, 3.05) is 13.1 Å². The fourth-order valence-electron chi connectivity index (χ4n) is 3.57. The van der Waals surface area contributed by atoms with Gasteiger partial charge in [0.2, 0.25) is 5.91 Å². The number of hydrogen-bond donors (Lipinski definition) is 2. The normalized spacial score (nSPS) is 22.8. The number of aromatic nitrogens is 1. The number of aryl methyl sites for hydroxylation is 2. The lowest BCUT2D eigenvalue weighted by molar-refractivity contribution is -0.134. The van der Waals surface area contributed by atoms with Gasteiger partial charge in [0.25, 0.3) is 0 Å². The van der Waals surface area contributed by atoms with Gasteiger partial charge < -0.3 is 19.7 Å². The third kappa shape index (κ3) is 3.60. The average molecular weight is 341 g/mol. The van der Waals surface area contributed by atoms with Crippen molar-refractivity contribution in [2.45, 2.75) is 44.4 Å². The van der Waals surface area contributed by atoms with Crippen LogP contribution in [0.15, 0.2) is 34.7 Å². The second kappa shape index (κ2) is 6.98. The number of β-amino-alcohol motifs (C(OH)–C–C–N with tert-alkyl or cyclic N) is 1. The number of aliphatic hydroxyl groups is 1. The summed E-state index contributed by atoms with van der Waals surface area (Å²) in [6.07, 6.45) is 2.43. The summed E-state index contributed by atoms with van der Waals surface area (Å²) >= 11 is 0. The van der Waals surface area contributed by atoms with Crippen molar-refractivity contribution >= 4 is 5.91 Å². The minimum atomic E-state index is -0.425. The van der Waals surface area contributed by atoms with Crippen molar-refractivity contribution in [3.63, 3.8) is 0 Å². The first-order chi connectivity index (χ1) is 12.2. The van der Waals surface area contributed by atoms with Gasteiger partial charge >= 0.3 is 0 Å². The molecular formula is C19H23N3O3. The van der Waals surface area contributed by atoms with Gasteiger partial charge in [-0.3, -0.25) is 4.79 Å². The van der Waals surface area contributed by atoms with Crippen molar-refractivity contribution in [3.05, 3.63) is 53.2 Å². The lowest BCUT2D eigenvalue weighted by Crippen LogP contribution is -2.45. The smallest absolute Gasteiger partial charge is 0.240 e. The van der Waals surface area contributed by atoms with Crippen LogP contribution in [0.1, 0.15) is 29.3 Å². The molecule has 2 aliphatic rings. The zero-order valence-corrected chi connectivity index (χ0v) is 14.1. The lowest BCUT2D eigenvalue weighted by Gasteiger charge is -2.27. The highest BCUT2D eigenvalue weighted by Crippen LogP contribution is 2.22. The third-order valence-electron chi connectivity index (χ3n) is 4.96. The fourth-order valence-corrected chi connectivity index (χ4v) is 3.57. The number of amides is 1. The molecular weight excluding hydrogens is 318 g/mol. The highest BCUT2D eigenvalue weighted by Gasteiger charge is 2.33. The van der Waals surface area contributed by atoms with Gasteiger partial charge in [-0.2, -0.15) is 0 Å². The Hall–Kier alpha value is -2.18. The maximum absolute atomic E-state index is 12.6. The van der Waals surface area contributed by atoms with Crippen molar-refractivity contribution in [1.82, 2.24) is 15.2 Å². The van der Waals surface area contributed by atoms with Crippen LogP contribution in [0.4, 0.5) is 0 Å². The number of benzene rings is 1. The molecule has 6 heteroatoms. The predicted molar refractivity (Wildman–Crippen MR) is 91.9 cm³/mol. The van der Waals surface area contributed by atoms with Gasteiger partial charge in [0, 0.05) is 25.9 Å². The number of carbonyl (C=O) groups is 1. The van der Waals surface area contributed by atoms with Gasteiger partial charge in [-0.15, -0.1) is 0 Å². The Morgan fingerprint density at radius 3 is 2.92 bits per heavy atom. The van der Waals surface area contributed by atoms with Gasteiger partial charge in [0.1, 0.15) is 11.5 Å². The molecule has 2 aliphatic heterocycles. The third-order valence-corrected chi connectivity index (χ3v) is 4.96. The Morgan fingerprint density at radius 2 is 2.16 bits per heavy atom. The highest BCUT2D eigenvalue weighted by atomic mass is 16.4. The van der Waals surface area contributed by atoms with E-state index in [0.29, 0.717) is 32.5 Å². The molecule has 0 bridgehead atoms. The van der Waals surface area contributed by atoms with Crippen molar-refractivity contribution in [1.29, 1.82) is 0 Å². The van der Waals surface area contributed by atoms with E-state index in [-0.39, 0.29) is 11.9 Å². The molecule has 25 heavy (non-hydrogen) atoms. The van der Waals surface area contributed by atoms with Crippen LogP contribution in [0, 0.1) is 0 Å². The molecule has 2 atom stereocenters. The fraction of sp³-hybridized carbons (Fsp3) is 0.474. The summed E-state index contributed by atoms with van der Waals surface area (Å²) in [5.41, 5.74) is 2.14. The number of nitrogens with one attached hydrogen (secondary N) is 1. The van der Waals surface area contributed by atoms with Crippen molar-refractivity contribution in [3.8, 4) is 0 Å². The molecule has 6 nitrogen and oxygen atoms in total.